The molecule has 1 unspecified atom stereocenters. The first kappa shape index (κ1) is 20.5. The standard InChI is InChI=1S/C21H26BrN3O3/c1-13(2)19(24-21(27)28-3)20(26)25-12-4-5-18(25)17-11-10-16(23-17)14-6-8-15(22)9-7-14/h6-11,13,18-19,23H,4-5,12H2,1-3H3,(H,24,27)/t18?,19-/m0/s1. The summed E-state index contributed by atoms with van der Waals surface area (Å²) in [6.45, 7) is 4.52. The van der Waals surface area contributed by atoms with Crippen LogP contribution < -0.4 is 5.32 Å². The van der Waals surface area contributed by atoms with Crippen LogP contribution in [0.25, 0.3) is 11.3 Å². The average molecular weight is 448 g/mol. The second-order valence-corrected chi connectivity index (χ2v) is 8.30. The van der Waals surface area contributed by atoms with Gasteiger partial charge in [-0.15, -0.1) is 0 Å². The average Bonchev–Trinajstić information content (AvgIpc) is 3.34. The first-order valence-corrected chi connectivity index (χ1v) is 10.3. The van der Waals surface area contributed by atoms with Crippen LogP contribution in [-0.2, 0) is 9.53 Å². The van der Waals surface area contributed by atoms with Gasteiger partial charge in [0.05, 0.1) is 13.2 Å². The van der Waals surface area contributed by atoms with Gasteiger partial charge in [0.2, 0.25) is 5.91 Å². The number of alkyl carbamates (subject to hydrolysis) is 1. The molecule has 2 atom stereocenters. The summed E-state index contributed by atoms with van der Waals surface area (Å²) in [6, 6.07) is 11.6. The van der Waals surface area contributed by atoms with Crippen LogP contribution in [0.2, 0.25) is 0 Å². The van der Waals surface area contributed by atoms with Crippen molar-refractivity contribution in [1.82, 2.24) is 15.2 Å². The molecule has 1 fully saturated rings. The van der Waals surface area contributed by atoms with Gasteiger partial charge in [-0.1, -0.05) is 41.9 Å². The zero-order valence-electron chi connectivity index (χ0n) is 16.4. The predicted molar refractivity (Wildman–Crippen MR) is 112 cm³/mol. The molecule has 2 N–H and O–H groups in total. The fourth-order valence-corrected chi connectivity index (χ4v) is 3.90. The second-order valence-electron chi connectivity index (χ2n) is 7.38. The minimum Gasteiger partial charge on any atom is -0.453 e. The molecule has 2 aromatic rings. The van der Waals surface area contributed by atoms with Gasteiger partial charge in [-0.05, 0) is 48.6 Å². The number of nitrogens with one attached hydrogen (secondary N) is 2. The Hall–Kier alpha value is -2.28. The molecule has 0 saturated carbocycles. The quantitative estimate of drug-likeness (QED) is 0.708. The number of nitrogens with zero attached hydrogens (tertiary/aromatic N) is 1. The highest BCUT2D eigenvalue weighted by molar-refractivity contribution is 9.10. The van der Waals surface area contributed by atoms with Gasteiger partial charge < -0.3 is 19.9 Å². The molecule has 2 amide bonds. The molecular formula is C21H26BrN3O3. The lowest BCUT2D eigenvalue weighted by atomic mass is 10.0. The third kappa shape index (κ3) is 4.41. The third-order valence-electron chi connectivity index (χ3n) is 5.15. The van der Waals surface area contributed by atoms with Gasteiger partial charge in [0.25, 0.3) is 0 Å². The molecule has 0 aliphatic carbocycles. The Bertz CT molecular complexity index is 832. The normalized spacial score (nSPS) is 17.6. The second kappa shape index (κ2) is 8.82. The maximum Gasteiger partial charge on any atom is 0.407 e. The smallest absolute Gasteiger partial charge is 0.407 e. The molecule has 2 heterocycles. The number of methoxy groups -OCH3 is 1. The largest absolute Gasteiger partial charge is 0.453 e. The molecule has 1 aromatic carbocycles. The van der Waals surface area contributed by atoms with Crippen molar-refractivity contribution in [3.05, 3.63) is 46.6 Å². The monoisotopic (exact) mass is 447 g/mol. The topological polar surface area (TPSA) is 74.4 Å². The van der Waals surface area contributed by atoms with Crippen molar-refractivity contribution < 1.29 is 14.3 Å². The number of hydrogen-bond acceptors (Lipinski definition) is 3. The highest BCUT2D eigenvalue weighted by atomic mass is 79.9. The number of rotatable bonds is 5. The minimum absolute atomic E-state index is 0.0163. The summed E-state index contributed by atoms with van der Waals surface area (Å²) in [4.78, 5) is 30.2. The number of carbonyl (C=O) groups excluding carboxylic acids is 2. The number of hydrogen-bond donors (Lipinski definition) is 2. The van der Waals surface area contributed by atoms with Crippen LogP contribution in [0.1, 0.15) is 38.4 Å². The molecule has 0 radical (unpaired) electrons. The maximum absolute atomic E-state index is 13.2. The van der Waals surface area contributed by atoms with E-state index in [1.807, 2.05) is 55.1 Å². The summed E-state index contributed by atoms with van der Waals surface area (Å²) in [5.74, 6) is -0.0995. The zero-order chi connectivity index (χ0) is 20.3. The Kier molecular flexibility index (Phi) is 6.44. The van der Waals surface area contributed by atoms with Crippen LogP contribution in [0.5, 0.6) is 0 Å². The number of likely N-dealkylation sites (tertiary alicyclic amines) is 1. The van der Waals surface area contributed by atoms with E-state index < -0.39 is 12.1 Å². The van der Waals surface area contributed by atoms with Crippen LogP contribution in [0.3, 0.4) is 0 Å². The molecule has 0 bridgehead atoms. The van der Waals surface area contributed by atoms with E-state index in [2.05, 4.69) is 31.0 Å². The molecule has 0 spiro atoms. The maximum atomic E-state index is 13.2. The van der Waals surface area contributed by atoms with E-state index in [0.29, 0.717) is 6.54 Å². The number of halogens is 1. The van der Waals surface area contributed by atoms with Crippen LogP contribution in [-0.4, -0.2) is 41.6 Å². The Morgan fingerprint density at radius 3 is 2.57 bits per heavy atom. The molecule has 3 rings (SSSR count). The number of amides is 2. The van der Waals surface area contributed by atoms with Crippen LogP contribution >= 0.6 is 15.9 Å². The number of aromatic amines is 1. The highest BCUT2D eigenvalue weighted by Gasteiger charge is 2.36. The van der Waals surface area contributed by atoms with Gasteiger partial charge >= 0.3 is 6.09 Å². The van der Waals surface area contributed by atoms with Gasteiger partial charge in [-0.2, -0.15) is 0 Å². The molecular weight excluding hydrogens is 422 g/mol. The molecule has 28 heavy (non-hydrogen) atoms. The van der Waals surface area contributed by atoms with E-state index >= 15 is 0 Å². The summed E-state index contributed by atoms with van der Waals surface area (Å²) >= 11 is 3.45. The van der Waals surface area contributed by atoms with Gasteiger partial charge in [0.1, 0.15) is 6.04 Å². The minimum atomic E-state index is -0.603. The van der Waals surface area contributed by atoms with Crippen molar-refractivity contribution in [1.29, 1.82) is 0 Å². The van der Waals surface area contributed by atoms with Crippen molar-refractivity contribution in [2.75, 3.05) is 13.7 Å². The molecule has 7 heteroatoms. The summed E-state index contributed by atoms with van der Waals surface area (Å²) in [5, 5.41) is 2.68. The lowest BCUT2D eigenvalue weighted by Crippen LogP contribution is -2.51. The lowest BCUT2D eigenvalue weighted by molar-refractivity contribution is -0.135. The van der Waals surface area contributed by atoms with Gasteiger partial charge in [0.15, 0.2) is 0 Å². The number of H-pyrrole nitrogens is 1. The van der Waals surface area contributed by atoms with Crippen LogP contribution in [0, 0.1) is 5.92 Å². The van der Waals surface area contributed by atoms with E-state index in [4.69, 9.17) is 0 Å². The highest BCUT2D eigenvalue weighted by Crippen LogP contribution is 2.34. The molecule has 1 aromatic heterocycles. The molecule has 150 valence electrons. The zero-order valence-corrected chi connectivity index (χ0v) is 18.0. The fourth-order valence-electron chi connectivity index (χ4n) is 3.64. The van der Waals surface area contributed by atoms with E-state index in [1.165, 1.54) is 7.11 Å². The van der Waals surface area contributed by atoms with Crippen molar-refractivity contribution in [2.45, 2.75) is 38.8 Å². The summed E-state index contributed by atoms with van der Waals surface area (Å²) in [5.41, 5.74) is 3.14. The Morgan fingerprint density at radius 1 is 1.21 bits per heavy atom. The fraction of sp³-hybridized carbons (Fsp3) is 0.429. The van der Waals surface area contributed by atoms with Gasteiger partial charge in [0, 0.05) is 22.4 Å². The van der Waals surface area contributed by atoms with Crippen molar-refractivity contribution in [3.8, 4) is 11.3 Å². The SMILES string of the molecule is COC(=O)N[C@H](C(=O)N1CCCC1c1ccc(-c2ccc(Br)cc2)[nH]1)C(C)C. The van der Waals surface area contributed by atoms with Gasteiger partial charge in [-0.3, -0.25) is 4.79 Å². The van der Waals surface area contributed by atoms with E-state index in [9.17, 15) is 9.59 Å². The molecule has 1 saturated heterocycles. The van der Waals surface area contributed by atoms with Crippen molar-refractivity contribution in [3.63, 3.8) is 0 Å². The van der Waals surface area contributed by atoms with E-state index in [-0.39, 0.29) is 17.9 Å². The first-order chi connectivity index (χ1) is 13.4. The van der Waals surface area contributed by atoms with Crippen LogP contribution in [0.4, 0.5) is 4.79 Å². The lowest BCUT2D eigenvalue weighted by Gasteiger charge is -2.30. The number of aromatic nitrogens is 1. The Labute approximate surface area is 173 Å². The molecule has 1 aliphatic rings. The van der Waals surface area contributed by atoms with E-state index in [1.54, 1.807) is 0 Å². The first-order valence-electron chi connectivity index (χ1n) is 9.50. The van der Waals surface area contributed by atoms with Crippen molar-refractivity contribution in [2.24, 2.45) is 5.92 Å². The van der Waals surface area contributed by atoms with Crippen molar-refractivity contribution >= 4 is 27.9 Å². The third-order valence-corrected chi connectivity index (χ3v) is 5.68. The number of carbonyl (C=O) groups is 2. The van der Waals surface area contributed by atoms with E-state index in [0.717, 1.165) is 34.3 Å². The molecule has 1 aliphatic heterocycles. The predicted octanol–water partition coefficient (Wildman–Crippen LogP) is 4.49. The summed E-state index contributed by atoms with van der Waals surface area (Å²) < 4.78 is 5.72. The number of benzene rings is 1. The molecule has 6 nitrogen and oxygen atoms in total. The Balaban J connectivity index is 1.79. The Morgan fingerprint density at radius 2 is 1.93 bits per heavy atom. The summed E-state index contributed by atoms with van der Waals surface area (Å²) in [7, 11) is 1.30. The number of ether oxygens (including phenoxy) is 1. The van der Waals surface area contributed by atoms with Gasteiger partial charge in [-0.25, -0.2) is 4.79 Å². The summed E-state index contributed by atoms with van der Waals surface area (Å²) in [6.07, 6.45) is 1.25. The van der Waals surface area contributed by atoms with Crippen LogP contribution in [0.15, 0.2) is 40.9 Å².